The molecule has 1 saturated heterocycles. The molecule has 1 fully saturated rings. The van der Waals surface area contributed by atoms with Crippen molar-refractivity contribution in [3.8, 4) is 0 Å². The summed E-state index contributed by atoms with van der Waals surface area (Å²) in [7, 11) is -1.04. The zero-order chi connectivity index (χ0) is 16.4. The number of rotatable bonds is 6. The molecule has 3 rings (SSSR count). The summed E-state index contributed by atoms with van der Waals surface area (Å²) in [4.78, 5) is 11.2. The Morgan fingerprint density at radius 1 is 1.35 bits per heavy atom. The largest absolute Gasteiger partial charge is 0.361 e. The maximum atomic E-state index is 6.02. The Kier molecular flexibility index (Phi) is 4.70. The summed E-state index contributed by atoms with van der Waals surface area (Å²) < 4.78 is 7.90. The summed E-state index contributed by atoms with van der Waals surface area (Å²) in [6, 6.07) is 3.50. The lowest BCUT2D eigenvalue weighted by atomic mass is 10.3. The van der Waals surface area contributed by atoms with Crippen LogP contribution in [0.1, 0.15) is 6.42 Å². The van der Waals surface area contributed by atoms with Crippen LogP contribution >= 0.6 is 0 Å². The Labute approximate surface area is 138 Å². The summed E-state index contributed by atoms with van der Waals surface area (Å²) in [5, 5.41) is 1.08. The van der Waals surface area contributed by atoms with Gasteiger partial charge >= 0.3 is 0 Å². The van der Waals surface area contributed by atoms with E-state index in [-0.39, 0.29) is 6.04 Å². The molecule has 2 N–H and O–H groups in total. The molecule has 2 aromatic rings. The Hall–Kier alpha value is -1.44. The highest BCUT2D eigenvalue weighted by Crippen LogP contribution is 2.26. The van der Waals surface area contributed by atoms with Gasteiger partial charge in [-0.15, -0.1) is 0 Å². The second-order valence-corrected chi connectivity index (χ2v) is 13.2. The molecule has 6 nitrogen and oxygen atoms in total. The van der Waals surface area contributed by atoms with Crippen LogP contribution in [0.2, 0.25) is 25.7 Å². The summed E-state index contributed by atoms with van der Waals surface area (Å²) >= 11 is 0. The van der Waals surface area contributed by atoms with E-state index in [1.54, 1.807) is 6.33 Å². The van der Waals surface area contributed by atoms with Gasteiger partial charge in [0.1, 0.15) is 24.5 Å². The number of aromatic nitrogens is 3. The van der Waals surface area contributed by atoms with Gasteiger partial charge in [-0.3, -0.25) is 0 Å². The van der Waals surface area contributed by atoms with E-state index in [1.807, 2.05) is 6.20 Å². The van der Waals surface area contributed by atoms with Gasteiger partial charge in [0.15, 0.2) is 0 Å². The monoisotopic (exact) mass is 333 g/mol. The third kappa shape index (κ3) is 3.91. The van der Waals surface area contributed by atoms with Gasteiger partial charge in [0, 0.05) is 40.0 Å². The first-order valence-corrected chi connectivity index (χ1v) is 12.0. The number of ether oxygens (including phenoxy) is 1. The Balaban J connectivity index is 1.71. The van der Waals surface area contributed by atoms with Gasteiger partial charge in [0.25, 0.3) is 0 Å². The molecule has 7 heteroatoms. The molecule has 0 unspecified atom stereocenters. The van der Waals surface area contributed by atoms with Crippen LogP contribution in [0.25, 0.3) is 11.0 Å². The van der Waals surface area contributed by atoms with Crippen molar-refractivity contribution in [2.75, 3.05) is 24.6 Å². The fourth-order valence-electron chi connectivity index (χ4n) is 2.87. The molecule has 3 heterocycles. The summed E-state index contributed by atoms with van der Waals surface area (Å²) in [5.41, 5.74) is 6.95. The number of hydrogen-bond donors (Lipinski definition) is 1. The van der Waals surface area contributed by atoms with E-state index in [2.05, 4.69) is 45.1 Å². The summed E-state index contributed by atoms with van der Waals surface area (Å²) in [6.45, 7) is 10.3. The second-order valence-electron chi connectivity index (χ2n) is 7.56. The van der Waals surface area contributed by atoms with Crippen LogP contribution in [-0.4, -0.2) is 48.3 Å². The van der Waals surface area contributed by atoms with Gasteiger partial charge < -0.3 is 19.9 Å². The lowest BCUT2D eigenvalue weighted by Crippen LogP contribution is -2.27. The molecule has 0 bridgehead atoms. The molecule has 126 valence electrons. The van der Waals surface area contributed by atoms with Gasteiger partial charge in [-0.05, 0) is 18.5 Å². The second kappa shape index (κ2) is 6.58. The van der Waals surface area contributed by atoms with Crippen molar-refractivity contribution in [1.29, 1.82) is 0 Å². The molecule has 1 atom stereocenters. The van der Waals surface area contributed by atoms with Crippen LogP contribution in [0.4, 0.5) is 5.82 Å². The lowest BCUT2D eigenvalue weighted by Gasteiger charge is -2.17. The zero-order valence-electron chi connectivity index (χ0n) is 14.3. The van der Waals surface area contributed by atoms with Crippen LogP contribution in [0.5, 0.6) is 0 Å². The molecule has 0 saturated carbocycles. The average Bonchev–Trinajstić information content (AvgIpc) is 3.09. The van der Waals surface area contributed by atoms with E-state index in [0.29, 0.717) is 6.73 Å². The van der Waals surface area contributed by atoms with Crippen molar-refractivity contribution in [3.63, 3.8) is 0 Å². The maximum absolute atomic E-state index is 6.02. The summed E-state index contributed by atoms with van der Waals surface area (Å²) in [6.07, 6.45) is 4.69. The molecule has 0 amide bonds. The molecule has 1 aliphatic heterocycles. The zero-order valence-corrected chi connectivity index (χ0v) is 15.3. The van der Waals surface area contributed by atoms with E-state index in [4.69, 9.17) is 10.5 Å². The number of fused-ring (bicyclic) bond motifs is 1. The van der Waals surface area contributed by atoms with Crippen LogP contribution in [0.15, 0.2) is 18.6 Å². The molecular weight excluding hydrogens is 306 g/mol. The molecule has 2 aromatic heterocycles. The fourth-order valence-corrected chi connectivity index (χ4v) is 3.62. The normalized spacial score (nSPS) is 19.0. The minimum atomic E-state index is -1.04. The molecule has 23 heavy (non-hydrogen) atoms. The first-order valence-electron chi connectivity index (χ1n) is 8.32. The van der Waals surface area contributed by atoms with Crippen LogP contribution in [0.3, 0.4) is 0 Å². The van der Waals surface area contributed by atoms with Crippen molar-refractivity contribution in [3.05, 3.63) is 18.6 Å². The van der Waals surface area contributed by atoms with Gasteiger partial charge in [-0.1, -0.05) is 19.6 Å². The van der Waals surface area contributed by atoms with Crippen molar-refractivity contribution >= 4 is 24.9 Å². The number of nitrogens with two attached hydrogens (primary N) is 1. The molecule has 0 aliphatic carbocycles. The Morgan fingerprint density at radius 2 is 2.17 bits per heavy atom. The average molecular weight is 334 g/mol. The van der Waals surface area contributed by atoms with Gasteiger partial charge in [-0.25, -0.2) is 9.97 Å². The van der Waals surface area contributed by atoms with Crippen molar-refractivity contribution in [1.82, 2.24) is 14.5 Å². The smallest absolute Gasteiger partial charge is 0.147 e. The predicted octanol–water partition coefficient (Wildman–Crippen LogP) is 2.28. The van der Waals surface area contributed by atoms with E-state index in [1.165, 1.54) is 6.04 Å². The van der Waals surface area contributed by atoms with Gasteiger partial charge in [-0.2, -0.15) is 0 Å². The maximum Gasteiger partial charge on any atom is 0.147 e. The minimum absolute atomic E-state index is 0.243. The van der Waals surface area contributed by atoms with Gasteiger partial charge in [0.05, 0.1) is 5.39 Å². The van der Waals surface area contributed by atoms with Crippen molar-refractivity contribution in [2.24, 2.45) is 5.73 Å². The van der Waals surface area contributed by atoms with Gasteiger partial charge in [0.2, 0.25) is 0 Å². The number of nitrogens with zero attached hydrogens (tertiary/aromatic N) is 4. The molecule has 0 aromatic carbocycles. The molecule has 0 radical (unpaired) electrons. The topological polar surface area (TPSA) is 69.2 Å². The first kappa shape index (κ1) is 16.4. The molecular formula is C16H27N5OSi. The van der Waals surface area contributed by atoms with Crippen molar-refractivity contribution < 1.29 is 4.74 Å². The van der Waals surface area contributed by atoms with E-state index >= 15 is 0 Å². The standard InChI is InChI=1S/C16H27N5OSi/c1-23(2,3)9-8-22-12-21-7-5-14-15(18-11-19-16(14)21)20-6-4-13(17)10-20/h5,7,11,13H,4,6,8-10,12,17H2,1-3H3/t13-/m1/s1. The Morgan fingerprint density at radius 3 is 2.87 bits per heavy atom. The number of hydrogen-bond acceptors (Lipinski definition) is 5. The third-order valence-corrected chi connectivity index (χ3v) is 5.99. The lowest BCUT2D eigenvalue weighted by molar-refractivity contribution is 0.0899. The van der Waals surface area contributed by atoms with E-state index in [0.717, 1.165) is 43.0 Å². The van der Waals surface area contributed by atoms with Crippen molar-refractivity contribution in [2.45, 2.75) is 44.9 Å². The number of anilines is 1. The summed E-state index contributed by atoms with van der Waals surface area (Å²) in [5.74, 6) is 0.990. The first-order chi connectivity index (χ1) is 10.9. The highest BCUT2D eigenvalue weighted by Gasteiger charge is 2.22. The Bertz CT molecular complexity index is 666. The van der Waals surface area contributed by atoms with E-state index < -0.39 is 8.07 Å². The fraction of sp³-hybridized carbons (Fsp3) is 0.625. The molecule has 0 spiro atoms. The third-order valence-electron chi connectivity index (χ3n) is 4.29. The van der Waals surface area contributed by atoms with Crippen LogP contribution in [-0.2, 0) is 11.5 Å². The SMILES string of the molecule is C[Si](C)(C)CCOCn1ccc2c(N3CC[C@@H](N)C3)ncnc21. The predicted molar refractivity (Wildman–Crippen MR) is 96.4 cm³/mol. The van der Waals surface area contributed by atoms with E-state index in [9.17, 15) is 0 Å². The highest BCUT2D eigenvalue weighted by atomic mass is 28.3. The van der Waals surface area contributed by atoms with Crippen LogP contribution < -0.4 is 10.6 Å². The quantitative estimate of drug-likeness (QED) is 0.649. The van der Waals surface area contributed by atoms with Crippen LogP contribution in [0, 0.1) is 0 Å². The highest BCUT2D eigenvalue weighted by molar-refractivity contribution is 6.76. The minimum Gasteiger partial charge on any atom is -0.361 e. The molecule has 1 aliphatic rings.